The molecule has 2 rings (SSSR count). The zero-order valence-corrected chi connectivity index (χ0v) is 11.4. The fraction of sp³-hybridized carbons (Fsp3) is 0.769. The summed E-state index contributed by atoms with van der Waals surface area (Å²) in [5.74, 6) is 0.503. The first-order valence-corrected chi connectivity index (χ1v) is 6.83. The lowest BCUT2D eigenvalue weighted by atomic mass is 9.96. The number of aryl methyl sites for hydroxylation is 2. The second-order valence-electron chi connectivity index (χ2n) is 5.12. The smallest absolute Gasteiger partial charge is 0.0846 e. The standard InChI is InChI=1S/C13H21ClN2O/c1-9-13(14)11(16(2)15-9)7-8-12(17)10-5-3-4-6-10/h10,12,17H,3-8H2,1-2H3. The van der Waals surface area contributed by atoms with Crippen LogP contribution in [0.3, 0.4) is 0 Å². The van der Waals surface area contributed by atoms with Crippen LogP contribution < -0.4 is 0 Å². The number of aliphatic hydroxyl groups is 1. The van der Waals surface area contributed by atoms with E-state index in [0.717, 1.165) is 29.3 Å². The molecule has 0 aliphatic heterocycles. The van der Waals surface area contributed by atoms with E-state index in [1.165, 1.54) is 25.7 Å². The van der Waals surface area contributed by atoms with Gasteiger partial charge in [-0.3, -0.25) is 4.68 Å². The molecular formula is C13H21ClN2O. The molecule has 0 aromatic carbocycles. The lowest BCUT2D eigenvalue weighted by Crippen LogP contribution is -2.18. The molecule has 0 saturated heterocycles. The summed E-state index contributed by atoms with van der Waals surface area (Å²) in [5, 5.41) is 15.2. The van der Waals surface area contributed by atoms with Crippen molar-refractivity contribution in [2.45, 2.75) is 51.6 Å². The van der Waals surface area contributed by atoms with E-state index in [1.807, 2.05) is 18.7 Å². The van der Waals surface area contributed by atoms with Crippen LogP contribution in [0.25, 0.3) is 0 Å². The lowest BCUT2D eigenvalue weighted by Gasteiger charge is -2.17. The molecule has 0 radical (unpaired) electrons. The number of hydrogen-bond acceptors (Lipinski definition) is 2. The predicted octanol–water partition coefficient (Wildman–Crippen LogP) is 2.87. The van der Waals surface area contributed by atoms with Gasteiger partial charge in [-0.2, -0.15) is 5.10 Å². The van der Waals surface area contributed by atoms with Crippen molar-refractivity contribution in [3.05, 3.63) is 16.4 Å². The Kier molecular flexibility index (Phi) is 4.10. The highest BCUT2D eigenvalue weighted by Crippen LogP contribution is 2.30. The van der Waals surface area contributed by atoms with E-state index in [2.05, 4.69) is 5.10 Å². The third-order valence-corrected chi connectivity index (χ3v) is 4.37. The Hall–Kier alpha value is -0.540. The number of aromatic nitrogens is 2. The summed E-state index contributed by atoms with van der Waals surface area (Å²) >= 11 is 6.19. The van der Waals surface area contributed by atoms with Crippen molar-refractivity contribution < 1.29 is 5.11 Å². The normalized spacial score (nSPS) is 18.8. The molecule has 0 spiro atoms. The van der Waals surface area contributed by atoms with Crippen LogP contribution in [-0.2, 0) is 13.5 Å². The van der Waals surface area contributed by atoms with Gasteiger partial charge in [0.1, 0.15) is 0 Å². The highest BCUT2D eigenvalue weighted by molar-refractivity contribution is 6.31. The van der Waals surface area contributed by atoms with Crippen LogP contribution in [0.2, 0.25) is 5.02 Å². The van der Waals surface area contributed by atoms with Crippen molar-refractivity contribution in [1.29, 1.82) is 0 Å². The molecule has 1 N–H and O–H groups in total. The Bertz CT molecular complexity index is 383. The van der Waals surface area contributed by atoms with Crippen molar-refractivity contribution in [3.8, 4) is 0 Å². The van der Waals surface area contributed by atoms with Gasteiger partial charge in [0.2, 0.25) is 0 Å². The maximum Gasteiger partial charge on any atom is 0.0846 e. The van der Waals surface area contributed by atoms with Crippen molar-refractivity contribution in [1.82, 2.24) is 9.78 Å². The number of rotatable bonds is 4. The largest absolute Gasteiger partial charge is 0.393 e. The molecule has 0 bridgehead atoms. The number of hydrogen-bond donors (Lipinski definition) is 1. The van der Waals surface area contributed by atoms with Crippen molar-refractivity contribution in [2.24, 2.45) is 13.0 Å². The molecule has 1 fully saturated rings. The molecule has 1 heterocycles. The van der Waals surface area contributed by atoms with Gasteiger partial charge in [0, 0.05) is 7.05 Å². The molecule has 3 nitrogen and oxygen atoms in total. The van der Waals surface area contributed by atoms with Crippen LogP contribution in [0.15, 0.2) is 0 Å². The van der Waals surface area contributed by atoms with Gasteiger partial charge in [0.05, 0.1) is 22.5 Å². The van der Waals surface area contributed by atoms with Crippen LogP contribution >= 0.6 is 11.6 Å². The highest BCUT2D eigenvalue weighted by Gasteiger charge is 2.23. The Labute approximate surface area is 108 Å². The Morgan fingerprint density at radius 2 is 2.12 bits per heavy atom. The fourth-order valence-corrected chi connectivity index (χ4v) is 3.07. The van der Waals surface area contributed by atoms with Crippen LogP contribution in [0, 0.1) is 12.8 Å². The summed E-state index contributed by atoms with van der Waals surface area (Å²) < 4.78 is 1.83. The number of nitrogens with zero attached hydrogens (tertiary/aromatic N) is 2. The summed E-state index contributed by atoms with van der Waals surface area (Å²) in [6.07, 6.45) is 6.33. The van der Waals surface area contributed by atoms with E-state index in [1.54, 1.807) is 0 Å². The molecule has 4 heteroatoms. The molecule has 1 aliphatic rings. The molecule has 1 aromatic rings. The lowest BCUT2D eigenvalue weighted by molar-refractivity contribution is 0.102. The maximum absolute atomic E-state index is 10.1. The van der Waals surface area contributed by atoms with E-state index in [9.17, 15) is 5.11 Å². The van der Waals surface area contributed by atoms with E-state index in [-0.39, 0.29) is 6.10 Å². The zero-order chi connectivity index (χ0) is 12.4. The third kappa shape index (κ3) is 2.83. The summed E-state index contributed by atoms with van der Waals surface area (Å²) in [6, 6.07) is 0. The molecule has 1 atom stereocenters. The van der Waals surface area contributed by atoms with Crippen LogP contribution in [0.4, 0.5) is 0 Å². The van der Waals surface area contributed by atoms with Crippen LogP contribution in [0.5, 0.6) is 0 Å². The molecule has 1 aliphatic carbocycles. The Morgan fingerprint density at radius 3 is 2.65 bits per heavy atom. The average Bonchev–Trinajstić information content (AvgIpc) is 2.88. The van der Waals surface area contributed by atoms with E-state index in [0.29, 0.717) is 5.92 Å². The predicted molar refractivity (Wildman–Crippen MR) is 69.2 cm³/mol. The fourth-order valence-electron chi connectivity index (χ4n) is 2.81. The Balaban J connectivity index is 1.92. The first-order chi connectivity index (χ1) is 8.09. The van der Waals surface area contributed by atoms with Crippen LogP contribution in [-0.4, -0.2) is 21.0 Å². The second kappa shape index (κ2) is 5.40. The van der Waals surface area contributed by atoms with Gasteiger partial charge < -0.3 is 5.11 Å². The Morgan fingerprint density at radius 1 is 1.47 bits per heavy atom. The van der Waals surface area contributed by atoms with Gasteiger partial charge in [-0.25, -0.2) is 0 Å². The van der Waals surface area contributed by atoms with Gasteiger partial charge in [0.15, 0.2) is 0 Å². The summed E-state index contributed by atoms with van der Waals surface area (Å²) in [4.78, 5) is 0. The summed E-state index contributed by atoms with van der Waals surface area (Å²) in [7, 11) is 1.91. The van der Waals surface area contributed by atoms with Crippen LogP contribution in [0.1, 0.15) is 43.5 Å². The highest BCUT2D eigenvalue weighted by atomic mass is 35.5. The number of halogens is 1. The molecule has 1 aromatic heterocycles. The molecule has 0 amide bonds. The minimum atomic E-state index is -0.177. The maximum atomic E-state index is 10.1. The molecule has 96 valence electrons. The second-order valence-corrected chi connectivity index (χ2v) is 5.50. The van der Waals surface area contributed by atoms with Crippen molar-refractivity contribution >= 4 is 11.6 Å². The zero-order valence-electron chi connectivity index (χ0n) is 10.6. The molecule has 1 unspecified atom stereocenters. The third-order valence-electron chi connectivity index (χ3n) is 3.88. The summed E-state index contributed by atoms with van der Waals surface area (Å²) in [5.41, 5.74) is 1.92. The van der Waals surface area contributed by atoms with E-state index >= 15 is 0 Å². The SMILES string of the molecule is Cc1nn(C)c(CCC(O)C2CCCC2)c1Cl. The average molecular weight is 257 g/mol. The van der Waals surface area contributed by atoms with Gasteiger partial charge in [-0.05, 0) is 38.5 Å². The monoisotopic (exact) mass is 256 g/mol. The quantitative estimate of drug-likeness (QED) is 0.900. The van der Waals surface area contributed by atoms with Gasteiger partial charge >= 0.3 is 0 Å². The summed E-state index contributed by atoms with van der Waals surface area (Å²) in [6.45, 7) is 1.92. The minimum Gasteiger partial charge on any atom is -0.393 e. The first kappa shape index (κ1) is 12.9. The molecular weight excluding hydrogens is 236 g/mol. The molecule has 17 heavy (non-hydrogen) atoms. The van der Waals surface area contributed by atoms with E-state index in [4.69, 9.17) is 11.6 Å². The van der Waals surface area contributed by atoms with Crippen molar-refractivity contribution in [3.63, 3.8) is 0 Å². The van der Waals surface area contributed by atoms with E-state index < -0.39 is 0 Å². The topological polar surface area (TPSA) is 38.0 Å². The molecule has 1 saturated carbocycles. The number of aliphatic hydroxyl groups excluding tert-OH is 1. The minimum absolute atomic E-state index is 0.177. The van der Waals surface area contributed by atoms with Gasteiger partial charge in [-0.15, -0.1) is 0 Å². The van der Waals surface area contributed by atoms with Crippen molar-refractivity contribution in [2.75, 3.05) is 0 Å². The van der Waals surface area contributed by atoms with Gasteiger partial charge in [-0.1, -0.05) is 24.4 Å². The van der Waals surface area contributed by atoms with Gasteiger partial charge in [0.25, 0.3) is 0 Å². The first-order valence-electron chi connectivity index (χ1n) is 6.45.